The van der Waals surface area contributed by atoms with Gasteiger partial charge in [0.25, 0.3) is 0 Å². The summed E-state index contributed by atoms with van der Waals surface area (Å²) in [6.45, 7) is 7.36. The summed E-state index contributed by atoms with van der Waals surface area (Å²) in [6.07, 6.45) is 6.83. The van der Waals surface area contributed by atoms with Gasteiger partial charge in [-0.2, -0.15) is 0 Å². The standard InChI is InChI=1S/C19H28N2O5/c1-19(2,3)26-18(25)20-11-8-14(9-12-20)6-7-16(22)21-10-4-5-15(13-21)17(23)24/h6-8,15H,4-5,9-13H2,1-3H3,(H,23,24)/b7-6+. The average Bonchev–Trinajstić information content (AvgIpc) is 2.58. The van der Waals surface area contributed by atoms with Crippen LogP contribution >= 0.6 is 0 Å². The Bertz CT molecular complexity index is 618. The Labute approximate surface area is 154 Å². The molecular weight excluding hydrogens is 336 g/mol. The van der Waals surface area contributed by atoms with Gasteiger partial charge in [0.1, 0.15) is 5.60 Å². The van der Waals surface area contributed by atoms with E-state index in [9.17, 15) is 14.4 Å². The number of amides is 2. The fourth-order valence-electron chi connectivity index (χ4n) is 2.99. The lowest BCUT2D eigenvalue weighted by Crippen LogP contribution is -2.41. The fourth-order valence-corrected chi connectivity index (χ4v) is 2.99. The van der Waals surface area contributed by atoms with Crippen LogP contribution in [0.2, 0.25) is 0 Å². The zero-order chi connectivity index (χ0) is 19.3. The molecule has 1 fully saturated rings. The van der Waals surface area contributed by atoms with Crippen LogP contribution in [-0.4, -0.2) is 64.7 Å². The van der Waals surface area contributed by atoms with E-state index in [1.54, 1.807) is 15.9 Å². The number of carbonyl (C=O) groups is 3. The van der Waals surface area contributed by atoms with Crippen molar-refractivity contribution in [1.82, 2.24) is 9.80 Å². The molecule has 144 valence electrons. The van der Waals surface area contributed by atoms with Gasteiger partial charge in [-0.25, -0.2) is 4.79 Å². The van der Waals surface area contributed by atoms with Crippen molar-refractivity contribution in [3.8, 4) is 0 Å². The molecule has 7 heteroatoms. The number of hydrogen-bond acceptors (Lipinski definition) is 4. The van der Waals surface area contributed by atoms with E-state index in [4.69, 9.17) is 9.84 Å². The maximum absolute atomic E-state index is 12.3. The van der Waals surface area contributed by atoms with Crippen molar-refractivity contribution >= 4 is 18.0 Å². The molecular formula is C19H28N2O5. The summed E-state index contributed by atoms with van der Waals surface area (Å²) >= 11 is 0. The van der Waals surface area contributed by atoms with E-state index in [2.05, 4.69) is 0 Å². The highest BCUT2D eigenvalue weighted by atomic mass is 16.6. The molecule has 2 aliphatic heterocycles. The van der Waals surface area contributed by atoms with Gasteiger partial charge in [0.15, 0.2) is 0 Å². The van der Waals surface area contributed by atoms with Crippen LogP contribution in [0.25, 0.3) is 0 Å². The van der Waals surface area contributed by atoms with Gasteiger partial charge >= 0.3 is 12.1 Å². The maximum atomic E-state index is 12.3. The minimum Gasteiger partial charge on any atom is -0.481 e. The second-order valence-corrected chi connectivity index (χ2v) is 7.75. The molecule has 1 unspecified atom stereocenters. The Morgan fingerprint density at radius 1 is 1.23 bits per heavy atom. The summed E-state index contributed by atoms with van der Waals surface area (Å²) < 4.78 is 5.35. The number of rotatable bonds is 3. The molecule has 1 atom stereocenters. The highest BCUT2D eigenvalue weighted by Gasteiger charge is 2.27. The van der Waals surface area contributed by atoms with Gasteiger partial charge in [0.2, 0.25) is 5.91 Å². The lowest BCUT2D eigenvalue weighted by Gasteiger charge is -2.30. The predicted molar refractivity (Wildman–Crippen MR) is 96.6 cm³/mol. The number of nitrogens with zero attached hydrogens (tertiary/aromatic N) is 2. The van der Waals surface area contributed by atoms with Crippen molar-refractivity contribution in [1.29, 1.82) is 0 Å². The van der Waals surface area contributed by atoms with Gasteiger partial charge in [-0.1, -0.05) is 12.2 Å². The Balaban J connectivity index is 1.86. The van der Waals surface area contributed by atoms with E-state index in [-0.39, 0.29) is 18.5 Å². The third-order valence-electron chi connectivity index (χ3n) is 4.42. The lowest BCUT2D eigenvalue weighted by molar-refractivity contribution is -0.144. The molecule has 0 saturated carbocycles. The second kappa shape index (κ2) is 8.38. The van der Waals surface area contributed by atoms with Gasteiger partial charge in [0, 0.05) is 32.3 Å². The van der Waals surface area contributed by atoms with E-state index in [0.717, 1.165) is 5.57 Å². The van der Waals surface area contributed by atoms with Gasteiger partial charge < -0.3 is 19.6 Å². The monoisotopic (exact) mass is 364 g/mol. The number of aliphatic carboxylic acids is 1. The highest BCUT2D eigenvalue weighted by molar-refractivity contribution is 5.88. The molecule has 0 aromatic heterocycles. The molecule has 0 spiro atoms. The molecule has 2 aliphatic rings. The van der Waals surface area contributed by atoms with Crippen LogP contribution in [0.5, 0.6) is 0 Å². The SMILES string of the molecule is CC(C)(C)OC(=O)N1CC=C(/C=C/C(=O)N2CCCC(C(=O)O)C2)CC1. The van der Waals surface area contributed by atoms with Crippen molar-refractivity contribution in [2.45, 2.75) is 45.6 Å². The zero-order valence-electron chi connectivity index (χ0n) is 15.7. The summed E-state index contributed by atoms with van der Waals surface area (Å²) in [7, 11) is 0. The fraction of sp³-hybridized carbons (Fsp3) is 0.632. The lowest BCUT2D eigenvalue weighted by atomic mass is 9.98. The number of piperidine rings is 1. The van der Waals surface area contributed by atoms with Crippen LogP contribution < -0.4 is 0 Å². The smallest absolute Gasteiger partial charge is 0.410 e. The third kappa shape index (κ3) is 5.89. The topological polar surface area (TPSA) is 87.2 Å². The third-order valence-corrected chi connectivity index (χ3v) is 4.42. The molecule has 2 heterocycles. The van der Waals surface area contributed by atoms with Crippen molar-refractivity contribution in [3.63, 3.8) is 0 Å². The molecule has 2 rings (SSSR count). The summed E-state index contributed by atoms with van der Waals surface area (Å²) in [5.41, 5.74) is 0.472. The van der Waals surface area contributed by atoms with E-state index in [0.29, 0.717) is 38.9 Å². The normalized spacial score (nSPS) is 21.5. The van der Waals surface area contributed by atoms with Crippen LogP contribution in [-0.2, 0) is 14.3 Å². The van der Waals surface area contributed by atoms with Crippen LogP contribution in [0.1, 0.15) is 40.0 Å². The van der Waals surface area contributed by atoms with Crippen LogP contribution in [0, 0.1) is 5.92 Å². The molecule has 2 amide bonds. The second-order valence-electron chi connectivity index (χ2n) is 7.75. The number of hydrogen-bond donors (Lipinski definition) is 1. The highest BCUT2D eigenvalue weighted by Crippen LogP contribution is 2.18. The largest absolute Gasteiger partial charge is 0.481 e. The molecule has 0 aromatic carbocycles. The molecule has 7 nitrogen and oxygen atoms in total. The average molecular weight is 364 g/mol. The van der Waals surface area contributed by atoms with Crippen LogP contribution in [0.4, 0.5) is 4.79 Å². The quantitative estimate of drug-likeness (QED) is 0.777. The Morgan fingerprint density at radius 2 is 1.96 bits per heavy atom. The van der Waals surface area contributed by atoms with E-state index < -0.39 is 17.5 Å². The molecule has 0 aliphatic carbocycles. The maximum Gasteiger partial charge on any atom is 0.410 e. The summed E-state index contributed by atoms with van der Waals surface area (Å²) in [5, 5.41) is 9.10. The van der Waals surface area contributed by atoms with E-state index >= 15 is 0 Å². The van der Waals surface area contributed by atoms with Gasteiger partial charge in [-0.3, -0.25) is 9.59 Å². The molecule has 1 N–H and O–H groups in total. The number of carboxylic acids is 1. The van der Waals surface area contributed by atoms with E-state index in [1.165, 1.54) is 6.08 Å². The molecule has 1 saturated heterocycles. The minimum absolute atomic E-state index is 0.161. The van der Waals surface area contributed by atoms with Crippen molar-refractivity contribution in [2.75, 3.05) is 26.2 Å². The first kappa shape index (κ1) is 20.0. The Hall–Kier alpha value is -2.31. The van der Waals surface area contributed by atoms with Gasteiger partial charge in [-0.15, -0.1) is 0 Å². The summed E-state index contributed by atoms with van der Waals surface area (Å²) in [5.74, 6) is -1.48. The van der Waals surface area contributed by atoms with Crippen molar-refractivity contribution < 1.29 is 24.2 Å². The van der Waals surface area contributed by atoms with Gasteiger partial charge in [0.05, 0.1) is 5.92 Å². The minimum atomic E-state index is -0.844. The van der Waals surface area contributed by atoms with E-state index in [1.807, 2.05) is 26.8 Å². The number of allylic oxidation sites excluding steroid dienone is 1. The number of carbonyl (C=O) groups excluding carboxylic acids is 2. The van der Waals surface area contributed by atoms with Crippen LogP contribution in [0.3, 0.4) is 0 Å². The van der Waals surface area contributed by atoms with Crippen molar-refractivity contribution in [3.05, 3.63) is 23.8 Å². The summed E-state index contributed by atoms with van der Waals surface area (Å²) in [4.78, 5) is 38.6. The first-order valence-corrected chi connectivity index (χ1v) is 9.02. The molecule has 0 radical (unpaired) electrons. The first-order chi connectivity index (χ1) is 12.2. The Morgan fingerprint density at radius 3 is 2.54 bits per heavy atom. The molecule has 0 aromatic rings. The Kier molecular flexibility index (Phi) is 6.45. The number of carboxylic acid groups (broad SMARTS) is 1. The molecule has 26 heavy (non-hydrogen) atoms. The zero-order valence-corrected chi connectivity index (χ0v) is 15.7. The molecule has 0 bridgehead atoms. The summed E-state index contributed by atoms with van der Waals surface area (Å²) in [6, 6.07) is 0. The number of likely N-dealkylation sites (tertiary alicyclic amines) is 1. The van der Waals surface area contributed by atoms with Crippen molar-refractivity contribution in [2.24, 2.45) is 5.92 Å². The first-order valence-electron chi connectivity index (χ1n) is 9.02. The van der Waals surface area contributed by atoms with Gasteiger partial charge in [-0.05, 0) is 45.6 Å². The number of ether oxygens (including phenoxy) is 1. The van der Waals surface area contributed by atoms with Crippen LogP contribution in [0.15, 0.2) is 23.8 Å². The predicted octanol–water partition coefficient (Wildman–Crippen LogP) is 2.43.